The Morgan fingerprint density at radius 2 is 1.91 bits per heavy atom. The van der Waals surface area contributed by atoms with E-state index in [4.69, 9.17) is 9.72 Å². The lowest BCUT2D eigenvalue weighted by Crippen LogP contribution is -2.35. The smallest absolute Gasteiger partial charge is 0.205 e. The van der Waals surface area contributed by atoms with Crippen molar-refractivity contribution in [3.05, 3.63) is 30.4 Å². The third-order valence-electron chi connectivity index (χ3n) is 4.39. The monoisotopic (exact) mass is 316 g/mol. The summed E-state index contributed by atoms with van der Waals surface area (Å²) in [5, 5.41) is 1.11. The lowest BCUT2D eigenvalue weighted by Gasteiger charge is -2.31. The molecular weight excluding hydrogens is 296 g/mol. The summed E-state index contributed by atoms with van der Waals surface area (Å²) in [4.78, 5) is 11.1. The molecular formula is C16H20N4OS. The molecule has 0 aromatic carbocycles. The van der Waals surface area contributed by atoms with Gasteiger partial charge < -0.3 is 9.64 Å². The average Bonchev–Trinajstić information content (AvgIpc) is 3.32. The highest BCUT2D eigenvalue weighted by atomic mass is 32.1. The quantitative estimate of drug-likeness (QED) is 0.848. The molecule has 0 N–H and O–H groups in total. The minimum Gasteiger partial charge on any atom is -0.493 e. The molecule has 6 heteroatoms. The number of rotatable bonds is 5. The predicted molar refractivity (Wildman–Crippen MR) is 86.6 cm³/mol. The van der Waals surface area contributed by atoms with Crippen molar-refractivity contribution < 1.29 is 4.74 Å². The molecule has 3 heterocycles. The molecule has 4 rings (SSSR count). The Bertz CT molecular complexity index is 606. The fraction of sp³-hybridized carbons (Fsp3) is 0.562. The molecule has 1 aliphatic heterocycles. The van der Waals surface area contributed by atoms with Gasteiger partial charge in [-0.2, -0.15) is 4.37 Å². The van der Waals surface area contributed by atoms with E-state index in [1.165, 1.54) is 12.8 Å². The lowest BCUT2D eigenvalue weighted by atomic mass is 9.98. The summed E-state index contributed by atoms with van der Waals surface area (Å²) in [7, 11) is 0. The van der Waals surface area contributed by atoms with Crippen LogP contribution in [0.2, 0.25) is 0 Å². The van der Waals surface area contributed by atoms with E-state index in [2.05, 4.69) is 14.3 Å². The summed E-state index contributed by atoms with van der Waals surface area (Å²) in [6.07, 6.45) is 8.39. The van der Waals surface area contributed by atoms with Crippen molar-refractivity contribution in [1.29, 1.82) is 0 Å². The van der Waals surface area contributed by atoms with Gasteiger partial charge in [0.2, 0.25) is 5.13 Å². The van der Waals surface area contributed by atoms with Crippen LogP contribution in [0, 0.1) is 5.92 Å². The van der Waals surface area contributed by atoms with Crippen LogP contribution in [0.5, 0.6) is 5.75 Å². The van der Waals surface area contributed by atoms with Crippen molar-refractivity contribution in [2.75, 3.05) is 24.6 Å². The van der Waals surface area contributed by atoms with Crippen molar-refractivity contribution in [3.63, 3.8) is 0 Å². The van der Waals surface area contributed by atoms with Crippen LogP contribution in [0.1, 0.15) is 37.4 Å². The molecule has 5 nitrogen and oxygen atoms in total. The molecule has 2 fully saturated rings. The van der Waals surface area contributed by atoms with Crippen LogP contribution in [-0.2, 0) is 0 Å². The maximum absolute atomic E-state index is 5.85. The zero-order chi connectivity index (χ0) is 14.8. The zero-order valence-corrected chi connectivity index (χ0v) is 13.3. The minimum absolute atomic E-state index is 0.625. The molecule has 0 radical (unpaired) electrons. The van der Waals surface area contributed by atoms with Crippen LogP contribution in [0.15, 0.2) is 24.5 Å². The Morgan fingerprint density at radius 1 is 1.14 bits per heavy atom. The van der Waals surface area contributed by atoms with Crippen molar-refractivity contribution in [2.24, 2.45) is 5.92 Å². The summed E-state index contributed by atoms with van der Waals surface area (Å²) in [5.74, 6) is 3.26. The first-order chi connectivity index (χ1) is 10.9. The Morgan fingerprint density at radius 3 is 2.64 bits per heavy atom. The summed E-state index contributed by atoms with van der Waals surface area (Å²) in [5.41, 5.74) is 0. The number of aromatic nitrogens is 3. The largest absolute Gasteiger partial charge is 0.493 e. The number of hydrogen-bond acceptors (Lipinski definition) is 6. The van der Waals surface area contributed by atoms with Gasteiger partial charge >= 0.3 is 0 Å². The first-order valence-corrected chi connectivity index (χ1v) is 8.77. The van der Waals surface area contributed by atoms with Crippen LogP contribution in [0.25, 0.3) is 0 Å². The fourth-order valence-corrected chi connectivity index (χ4v) is 3.60. The number of hydrogen-bond donors (Lipinski definition) is 0. The number of nitrogens with zero attached hydrogens (tertiary/aromatic N) is 4. The average molecular weight is 316 g/mol. The number of piperidine rings is 1. The number of anilines is 1. The van der Waals surface area contributed by atoms with E-state index < -0.39 is 0 Å². The normalized spacial score (nSPS) is 19.4. The molecule has 116 valence electrons. The second kappa shape index (κ2) is 6.20. The van der Waals surface area contributed by atoms with Crippen molar-refractivity contribution in [2.45, 2.75) is 31.6 Å². The SMILES string of the molecule is c1cc(OCC2CCN(c3nc(C4CC4)ns3)CC2)ccn1. The predicted octanol–water partition coefficient (Wildman–Crippen LogP) is 3.11. The molecule has 0 spiro atoms. The molecule has 2 aliphatic rings. The summed E-state index contributed by atoms with van der Waals surface area (Å²) in [6, 6.07) is 3.82. The molecule has 22 heavy (non-hydrogen) atoms. The molecule has 1 aliphatic carbocycles. The molecule has 0 amide bonds. The van der Waals surface area contributed by atoms with Gasteiger partial charge in [-0.3, -0.25) is 4.98 Å². The maximum atomic E-state index is 5.85. The topological polar surface area (TPSA) is 51.1 Å². The van der Waals surface area contributed by atoms with Gasteiger partial charge in [0.25, 0.3) is 0 Å². The first kappa shape index (κ1) is 13.9. The van der Waals surface area contributed by atoms with Crippen molar-refractivity contribution >= 4 is 16.7 Å². The Hall–Kier alpha value is -1.69. The van der Waals surface area contributed by atoms with E-state index in [9.17, 15) is 0 Å². The fourth-order valence-electron chi connectivity index (χ4n) is 2.80. The third kappa shape index (κ3) is 3.21. The van der Waals surface area contributed by atoms with E-state index in [0.717, 1.165) is 49.2 Å². The molecule has 2 aromatic rings. The highest BCUT2D eigenvalue weighted by Gasteiger charge is 2.29. The van der Waals surface area contributed by atoms with Crippen molar-refractivity contribution in [3.8, 4) is 5.75 Å². The molecule has 0 bridgehead atoms. The van der Waals surface area contributed by atoms with E-state index in [0.29, 0.717) is 11.8 Å². The van der Waals surface area contributed by atoms with Gasteiger partial charge in [0, 0.05) is 42.9 Å². The summed E-state index contributed by atoms with van der Waals surface area (Å²) >= 11 is 1.56. The van der Waals surface area contributed by atoms with Crippen LogP contribution in [0.4, 0.5) is 5.13 Å². The van der Waals surface area contributed by atoms with Gasteiger partial charge in [0.05, 0.1) is 6.61 Å². The standard InChI is InChI=1S/C16H20N4OS/c1-2-13(1)15-18-16(22-19-15)20-9-5-12(6-10-20)11-21-14-3-7-17-8-4-14/h3-4,7-8,12-13H,1-2,5-6,9-11H2. The summed E-state index contributed by atoms with van der Waals surface area (Å²) in [6.45, 7) is 2.91. The van der Waals surface area contributed by atoms with Gasteiger partial charge in [-0.15, -0.1) is 0 Å². The van der Waals surface area contributed by atoms with Gasteiger partial charge in [-0.05, 0) is 43.7 Å². The van der Waals surface area contributed by atoms with Crippen LogP contribution in [-0.4, -0.2) is 34.0 Å². The van der Waals surface area contributed by atoms with E-state index in [1.807, 2.05) is 12.1 Å². The Labute approximate surface area is 134 Å². The molecule has 1 saturated heterocycles. The van der Waals surface area contributed by atoms with Gasteiger partial charge in [0.15, 0.2) is 0 Å². The van der Waals surface area contributed by atoms with E-state index in [-0.39, 0.29) is 0 Å². The second-order valence-electron chi connectivity index (χ2n) is 6.13. The van der Waals surface area contributed by atoms with Crippen LogP contribution >= 0.6 is 11.5 Å². The Balaban J connectivity index is 1.26. The van der Waals surface area contributed by atoms with Gasteiger partial charge in [0.1, 0.15) is 11.6 Å². The van der Waals surface area contributed by atoms with Gasteiger partial charge in [-0.1, -0.05) is 0 Å². The van der Waals surface area contributed by atoms with Crippen LogP contribution in [0.3, 0.4) is 0 Å². The first-order valence-electron chi connectivity index (χ1n) is 8.00. The number of pyridine rings is 1. The van der Waals surface area contributed by atoms with Gasteiger partial charge in [-0.25, -0.2) is 4.98 Å². The number of ether oxygens (including phenoxy) is 1. The highest BCUT2D eigenvalue weighted by molar-refractivity contribution is 7.09. The highest BCUT2D eigenvalue weighted by Crippen LogP contribution is 2.40. The minimum atomic E-state index is 0.625. The van der Waals surface area contributed by atoms with Crippen LogP contribution < -0.4 is 9.64 Å². The second-order valence-corrected chi connectivity index (χ2v) is 6.86. The molecule has 0 unspecified atom stereocenters. The van der Waals surface area contributed by atoms with E-state index >= 15 is 0 Å². The third-order valence-corrected chi connectivity index (χ3v) is 5.19. The summed E-state index contributed by atoms with van der Waals surface area (Å²) < 4.78 is 10.4. The molecule has 2 aromatic heterocycles. The van der Waals surface area contributed by atoms with Crippen molar-refractivity contribution in [1.82, 2.24) is 14.3 Å². The Kier molecular flexibility index (Phi) is 3.93. The maximum Gasteiger partial charge on any atom is 0.205 e. The molecule has 1 saturated carbocycles. The van der Waals surface area contributed by atoms with E-state index in [1.54, 1.807) is 23.9 Å². The lowest BCUT2D eigenvalue weighted by molar-refractivity contribution is 0.222. The zero-order valence-electron chi connectivity index (χ0n) is 12.5. The molecule has 0 atom stereocenters.